The molecule has 0 aliphatic carbocycles. The molecule has 3 rings (SSSR count). The fraction of sp³-hybridized carbons (Fsp3) is 0.455. The van der Waals surface area contributed by atoms with Gasteiger partial charge >= 0.3 is 0 Å². The van der Waals surface area contributed by atoms with Crippen molar-refractivity contribution in [2.24, 2.45) is 0 Å². The van der Waals surface area contributed by atoms with Gasteiger partial charge in [-0.2, -0.15) is 0 Å². The maximum atomic E-state index is 3.66. The Morgan fingerprint density at radius 1 is 0.750 bits per heavy atom. The summed E-state index contributed by atoms with van der Waals surface area (Å²) >= 11 is 1.89. The van der Waals surface area contributed by atoms with Gasteiger partial charge in [-0.25, -0.2) is 0 Å². The van der Waals surface area contributed by atoms with Crippen molar-refractivity contribution in [3.63, 3.8) is 0 Å². The third-order valence-corrected chi connectivity index (χ3v) is 5.91. The van der Waals surface area contributed by atoms with E-state index in [4.69, 9.17) is 0 Å². The smallest absolute Gasteiger partial charge is 0.0558 e. The molecule has 1 aliphatic heterocycles. The van der Waals surface area contributed by atoms with Crippen LogP contribution in [0.4, 0.5) is 11.4 Å². The summed E-state index contributed by atoms with van der Waals surface area (Å²) in [6, 6.07) is 15.3. The minimum Gasteiger partial charge on any atom is -0.353 e. The van der Waals surface area contributed by atoms with Crippen molar-refractivity contribution >= 4 is 23.1 Å². The Morgan fingerprint density at radius 3 is 2.29 bits per heavy atom. The second-order valence-corrected chi connectivity index (χ2v) is 7.82. The number of benzene rings is 2. The largest absolute Gasteiger partial charge is 0.353 e. The van der Waals surface area contributed by atoms with E-state index in [-0.39, 0.29) is 0 Å². The summed E-state index contributed by atoms with van der Waals surface area (Å²) in [4.78, 5) is 2.69. The van der Waals surface area contributed by atoms with Gasteiger partial charge < -0.3 is 5.32 Å². The lowest BCUT2D eigenvalue weighted by Gasteiger charge is -2.23. The van der Waals surface area contributed by atoms with Crippen LogP contribution in [0.15, 0.2) is 52.3 Å². The zero-order chi connectivity index (χ0) is 16.6. The standard InChI is InChI=1S/C22H29NS/c1-2-3-4-5-6-7-8-9-13-18-14-12-17-21-22(18)23-19-15-10-11-16-20(19)24-21/h10-12,14-17,23H,2-9,13H2,1H3. The number of hydrogen-bond acceptors (Lipinski definition) is 2. The van der Waals surface area contributed by atoms with Crippen molar-refractivity contribution in [3.8, 4) is 0 Å². The minimum atomic E-state index is 1.19. The molecule has 0 atom stereocenters. The highest BCUT2D eigenvalue weighted by molar-refractivity contribution is 7.99. The average Bonchev–Trinajstić information content (AvgIpc) is 2.62. The van der Waals surface area contributed by atoms with Gasteiger partial charge in [0.15, 0.2) is 0 Å². The molecule has 1 N–H and O–H groups in total. The molecule has 0 saturated heterocycles. The monoisotopic (exact) mass is 339 g/mol. The summed E-state index contributed by atoms with van der Waals surface area (Å²) in [5.74, 6) is 0. The Morgan fingerprint density at radius 2 is 1.46 bits per heavy atom. The van der Waals surface area contributed by atoms with Crippen LogP contribution in [0.25, 0.3) is 0 Å². The van der Waals surface area contributed by atoms with E-state index in [2.05, 4.69) is 54.7 Å². The van der Waals surface area contributed by atoms with E-state index in [1.165, 1.54) is 84.5 Å². The number of rotatable bonds is 9. The Labute approximate surface area is 151 Å². The van der Waals surface area contributed by atoms with Crippen LogP contribution in [0.1, 0.15) is 63.9 Å². The molecule has 128 valence electrons. The predicted molar refractivity (Wildman–Crippen MR) is 107 cm³/mol. The van der Waals surface area contributed by atoms with E-state index in [9.17, 15) is 0 Å². The van der Waals surface area contributed by atoms with Crippen molar-refractivity contribution < 1.29 is 0 Å². The SMILES string of the molecule is CCCCCCCCCCc1cccc2c1Nc1ccccc1S2. The van der Waals surface area contributed by atoms with Gasteiger partial charge in [0.25, 0.3) is 0 Å². The normalized spacial score (nSPS) is 12.4. The lowest BCUT2D eigenvalue weighted by Crippen LogP contribution is -2.03. The molecule has 0 spiro atoms. The van der Waals surface area contributed by atoms with Crippen LogP contribution in [0.2, 0.25) is 0 Å². The molecule has 0 aromatic heterocycles. The molecule has 24 heavy (non-hydrogen) atoms. The molecule has 1 nitrogen and oxygen atoms in total. The molecular formula is C22H29NS. The van der Waals surface area contributed by atoms with Crippen LogP contribution >= 0.6 is 11.8 Å². The molecule has 2 aromatic rings. The highest BCUT2D eigenvalue weighted by Gasteiger charge is 2.17. The van der Waals surface area contributed by atoms with E-state index in [1.807, 2.05) is 11.8 Å². The van der Waals surface area contributed by atoms with Crippen LogP contribution in [0.3, 0.4) is 0 Å². The van der Waals surface area contributed by atoms with Crippen molar-refractivity contribution in [1.29, 1.82) is 0 Å². The van der Waals surface area contributed by atoms with Crippen molar-refractivity contribution in [2.45, 2.75) is 74.5 Å². The van der Waals surface area contributed by atoms with Crippen LogP contribution in [0, 0.1) is 0 Å². The van der Waals surface area contributed by atoms with Gasteiger partial charge in [0.1, 0.15) is 0 Å². The second-order valence-electron chi connectivity index (χ2n) is 6.74. The zero-order valence-electron chi connectivity index (χ0n) is 14.8. The Hall–Kier alpha value is -1.41. The van der Waals surface area contributed by atoms with Crippen LogP contribution < -0.4 is 5.32 Å². The third kappa shape index (κ3) is 4.57. The first-order valence-corrected chi connectivity index (χ1v) is 10.4. The molecule has 2 heteroatoms. The van der Waals surface area contributed by atoms with Crippen LogP contribution in [0.5, 0.6) is 0 Å². The highest BCUT2D eigenvalue weighted by Crippen LogP contribution is 2.45. The second kappa shape index (κ2) is 9.17. The molecule has 1 aliphatic rings. The summed E-state index contributed by atoms with van der Waals surface area (Å²) < 4.78 is 0. The topological polar surface area (TPSA) is 12.0 Å². The first-order chi connectivity index (χ1) is 11.9. The first-order valence-electron chi connectivity index (χ1n) is 9.54. The summed E-state index contributed by atoms with van der Waals surface area (Å²) in [7, 11) is 0. The van der Waals surface area contributed by atoms with E-state index in [0.29, 0.717) is 0 Å². The number of nitrogens with one attached hydrogen (secondary N) is 1. The number of hydrogen-bond donors (Lipinski definition) is 1. The molecule has 0 fully saturated rings. The minimum absolute atomic E-state index is 1.19. The van der Waals surface area contributed by atoms with Gasteiger partial charge in [0.05, 0.1) is 11.4 Å². The molecule has 2 aromatic carbocycles. The van der Waals surface area contributed by atoms with Crippen molar-refractivity contribution in [1.82, 2.24) is 0 Å². The molecule has 1 heterocycles. The summed E-state index contributed by atoms with van der Waals surface area (Å²) in [5.41, 5.74) is 4.06. The van der Waals surface area contributed by atoms with Gasteiger partial charge in [-0.1, -0.05) is 87.9 Å². The van der Waals surface area contributed by atoms with Crippen molar-refractivity contribution in [2.75, 3.05) is 5.32 Å². The molecule has 0 saturated carbocycles. The molecule has 0 bridgehead atoms. The molecular weight excluding hydrogens is 310 g/mol. The Balaban J connectivity index is 1.50. The first kappa shape index (κ1) is 17.4. The maximum Gasteiger partial charge on any atom is 0.0558 e. The van der Waals surface area contributed by atoms with Gasteiger partial charge in [-0.15, -0.1) is 0 Å². The van der Waals surface area contributed by atoms with Gasteiger partial charge in [0, 0.05) is 9.79 Å². The molecule has 0 unspecified atom stereocenters. The number of anilines is 2. The van der Waals surface area contributed by atoms with E-state index >= 15 is 0 Å². The fourth-order valence-corrected chi connectivity index (χ4v) is 4.42. The Bertz CT molecular complexity index is 650. The van der Waals surface area contributed by atoms with Crippen LogP contribution in [-0.4, -0.2) is 0 Å². The van der Waals surface area contributed by atoms with E-state index < -0.39 is 0 Å². The van der Waals surface area contributed by atoms with E-state index in [0.717, 1.165) is 0 Å². The number of unbranched alkanes of at least 4 members (excludes halogenated alkanes) is 7. The highest BCUT2D eigenvalue weighted by atomic mass is 32.2. The van der Waals surface area contributed by atoms with Crippen LogP contribution in [-0.2, 0) is 6.42 Å². The maximum absolute atomic E-state index is 3.66. The summed E-state index contributed by atoms with van der Waals surface area (Å²) in [6.07, 6.45) is 12.2. The third-order valence-electron chi connectivity index (χ3n) is 4.78. The molecule has 0 radical (unpaired) electrons. The predicted octanol–water partition coefficient (Wildman–Crippen LogP) is 7.58. The number of aryl methyl sites for hydroxylation is 1. The quantitative estimate of drug-likeness (QED) is 0.403. The van der Waals surface area contributed by atoms with Crippen molar-refractivity contribution in [3.05, 3.63) is 48.0 Å². The van der Waals surface area contributed by atoms with Gasteiger partial charge in [-0.05, 0) is 36.6 Å². The zero-order valence-corrected chi connectivity index (χ0v) is 15.6. The summed E-state index contributed by atoms with van der Waals surface area (Å²) in [6.45, 7) is 2.28. The number of para-hydroxylation sites is 2. The molecule has 0 amide bonds. The fourth-order valence-electron chi connectivity index (χ4n) is 3.37. The Kier molecular flexibility index (Phi) is 6.66. The summed E-state index contributed by atoms with van der Waals surface area (Å²) in [5, 5.41) is 3.66. The number of fused-ring (bicyclic) bond motifs is 2. The van der Waals surface area contributed by atoms with E-state index in [1.54, 1.807) is 0 Å². The lowest BCUT2D eigenvalue weighted by molar-refractivity contribution is 0.575. The average molecular weight is 340 g/mol. The lowest BCUT2D eigenvalue weighted by atomic mass is 10.0. The van der Waals surface area contributed by atoms with Gasteiger partial charge in [-0.3, -0.25) is 0 Å². The van der Waals surface area contributed by atoms with Gasteiger partial charge in [0.2, 0.25) is 0 Å².